The number of rotatable bonds is 3. The maximum atomic E-state index is 12.1. The van der Waals surface area contributed by atoms with Crippen molar-refractivity contribution in [2.75, 3.05) is 26.1 Å². The fourth-order valence-corrected chi connectivity index (χ4v) is 1.63. The van der Waals surface area contributed by atoms with Gasteiger partial charge in [0, 0.05) is 25.3 Å². The Kier molecular flexibility index (Phi) is 2.91. The summed E-state index contributed by atoms with van der Waals surface area (Å²) in [5.74, 6) is 0.959. The van der Waals surface area contributed by atoms with Crippen LogP contribution in [-0.2, 0) is 0 Å². The Labute approximate surface area is 99.4 Å². The lowest BCUT2D eigenvalue weighted by molar-refractivity contribution is 0.0811. The lowest BCUT2D eigenvalue weighted by Gasteiger charge is -2.16. The first kappa shape index (κ1) is 11.3. The second kappa shape index (κ2) is 4.37. The highest BCUT2D eigenvalue weighted by Crippen LogP contribution is 2.36. The molecule has 0 saturated carbocycles. The molecule has 1 aliphatic heterocycles. The Balaban J connectivity index is 2.32. The van der Waals surface area contributed by atoms with Gasteiger partial charge in [0.25, 0.3) is 5.91 Å². The number of fused-ring (bicyclic) bond motifs is 1. The van der Waals surface area contributed by atoms with Gasteiger partial charge in [-0.05, 0) is 6.07 Å². The Morgan fingerprint density at radius 2 is 2.18 bits per heavy atom. The minimum Gasteiger partial charge on any atom is -0.454 e. The predicted molar refractivity (Wildman–Crippen MR) is 64.1 cm³/mol. The summed E-state index contributed by atoms with van der Waals surface area (Å²) in [5.41, 5.74) is 6.62. The number of carbonyl (C=O) groups excluding carboxylic acids is 1. The van der Waals surface area contributed by atoms with E-state index in [-0.39, 0.29) is 12.7 Å². The zero-order chi connectivity index (χ0) is 12.4. The zero-order valence-electron chi connectivity index (χ0n) is 9.60. The molecule has 1 heterocycles. The van der Waals surface area contributed by atoms with E-state index in [9.17, 15) is 4.79 Å². The molecule has 0 fully saturated rings. The van der Waals surface area contributed by atoms with Gasteiger partial charge in [0.2, 0.25) is 6.79 Å². The lowest BCUT2D eigenvalue weighted by atomic mass is 10.1. The number of hydrogen-bond donors (Lipinski definition) is 1. The molecule has 17 heavy (non-hydrogen) atoms. The Hall–Kier alpha value is -2.17. The summed E-state index contributed by atoms with van der Waals surface area (Å²) < 4.78 is 10.4. The van der Waals surface area contributed by atoms with E-state index < -0.39 is 0 Å². The number of anilines is 1. The first-order valence-corrected chi connectivity index (χ1v) is 5.19. The highest BCUT2D eigenvalue weighted by Gasteiger charge is 2.21. The Morgan fingerprint density at radius 3 is 2.82 bits per heavy atom. The molecule has 1 aliphatic rings. The van der Waals surface area contributed by atoms with E-state index in [1.54, 1.807) is 25.3 Å². The van der Waals surface area contributed by atoms with E-state index in [0.717, 1.165) is 0 Å². The fraction of sp³-hybridized carbons (Fsp3) is 0.250. The number of likely N-dealkylation sites (N-methyl/N-ethyl adjacent to an activating group) is 1. The van der Waals surface area contributed by atoms with Crippen molar-refractivity contribution < 1.29 is 14.3 Å². The molecule has 0 aliphatic carbocycles. The van der Waals surface area contributed by atoms with Gasteiger partial charge in [-0.2, -0.15) is 0 Å². The molecule has 90 valence electrons. The van der Waals surface area contributed by atoms with E-state index in [1.165, 1.54) is 4.90 Å². The van der Waals surface area contributed by atoms with Gasteiger partial charge in [0.15, 0.2) is 11.5 Å². The maximum absolute atomic E-state index is 12.1. The number of benzene rings is 1. The molecule has 1 amide bonds. The molecule has 2 rings (SSSR count). The van der Waals surface area contributed by atoms with Crippen molar-refractivity contribution in [3.63, 3.8) is 0 Å². The number of carbonyl (C=O) groups is 1. The molecule has 0 spiro atoms. The van der Waals surface area contributed by atoms with Crippen LogP contribution < -0.4 is 15.2 Å². The second-order valence-electron chi connectivity index (χ2n) is 3.77. The summed E-state index contributed by atoms with van der Waals surface area (Å²) in [5, 5.41) is 0. The van der Waals surface area contributed by atoms with Crippen molar-refractivity contribution >= 4 is 11.6 Å². The van der Waals surface area contributed by atoms with Crippen molar-refractivity contribution in [3.8, 4) is 11.5 Å². The highest BCUT2D eigenvalue weighted by atomic mass is 16.7. The first-order chi connectivity index (χ1) is 8.13. The molecule has 0 aromatic heterocycles. The largest absolute Gasteiger partial charge is 0.454 e. The van der Waals surface area contributed by atoms with E-state index in [0.29, 0.717) is 29.3 Å². The Bertz CT molecular complexity index is 471. The average molecular weight is 234 g/mol. The highest BCUT2D eigenvalue weighted by molar-refractivity contribution is 6.00. The molecule has 0 bridgehead atoms. The number of nitrogens with two attached hydrogens (primary N) is 1. The lowest BCUT2D eigenvalue weighted by Crippen LogP contribution is -2.27. The van der Waals surface area contributed by atoms with E-state index >= 15 is 0 Å². The molecule has 0 radical (unpaired) electrons. The molecule has 1 aromatic rings. The predicted octanol–water partition coefficient (Wildman–Crippen LogP) is 1.26. The monoisotopic (exact) mass is 234 g/mol. The molecular formula is C12H14N2O3. The second-order valence-corrected chi connectivity index (χ2v) is 3.77. The fourth-order valence-electron chi connectivity index (χ4n) is 1.63. The normalized spacial score (nSPS) is 12.3. The summed E-state index contributed by atoms with van der Waals surface area (Å²) in [4.78, 5) is 13.6. The van der Waals surface area contributed by atoms with Gasteiger partial charge in [-0.25, -0.2) is 0 Å². The third-order valence-electron chi connectivity index (χ3n) is 2.52. The molecule has 0 atom stereocenters. The first-order valence-electron chi connectivity index (χ1n) is 5.19. The Morgan fingerprint density at radius 1 is 1.53 bits per heavy atom. The van der Waals surface area contributed by atoms with Crippen LogP contribution in [0.1, 0.15) is 10.4 Å². The molecule has 0 unspecified atom stereocenters. The van der Waals surface area contributed by atoms with Crippen LogP contribution in [0, 0.1) is 0 Å². The van der Waals surface area contributed by atoms with Crippen LogP contribution in [0.3, 0.4) is 0 Å². The molecule has 5 heteroatoms. The molecule has 0 saturated heterocycles. The van der Waals surface area contributed by atoms with Gasteiger partial charge in [-0.3, -0.25) is 4.79 Å². The van der Waals surface area contributed by atoms with Crippen molar-refractivity contribution in [1.29, 1.82) is 0 Å². The van der Waals surface area contributed by atoms with Crippen LogP contribution in [0.2, 0.25) is 0 Å². The van der Waals surface area contributed by atoms with Gasteiger partial charge in [0.05, 0.1) is 5.56 Å². The third-order valence-corrected chi connectivity index (χ3v) is 2.52. The van der Waals surface area contributed by atoms with Gasteiger partial charge in [0.1, 0.15) is 0 Å². The topological polar surface area (TPSA) is 64.8 Å². The zero-order valence-corrected chi connectivity index (χ0v) is 9.60. The molecule has 5 nitrogen and oxygen atoms in total. The third kappa shape index (κ3) is 2.04. The van der Waals surface area contributed by atoms with Crippen LogP contribution in [0.25, 0.3) is 0 Å². The van der Waals surface area contributed by atoms with Crippen LogP contribution in [0.5, 0.6) is 11.5 Å². The van der Waals surface area contributed by atoms with Gasteiger partial charge < -0.3 is 20.1 Å². The number of nitrogens with zero attached hydrogens (tertiary/aromatic N) is 1. The van der Waals surface area contributed by atoms with Gasteiger partial charge >= 0.3 is 0 Å². The van der Waals surface area contributed by atoms with Crippen LogP contribution >= 0.6 is 0 Å². The number of hydrogen-bond acceptors (Lipinski definition) is 4. The van der Waals surface area contributed by atoms with Gasteiger partial charge in [-0.15, -0.1) is 6.58 Å². The average Bonchev–Trinajstić information content (AvgIpc) is 2.74. The van der Waals surface area contributed by atoms with Crippen molar-refractivity contribution in [2.45, 2.75) is 0 Å². The standard InChI is InChI=1S/C12H14N2O3/c1-3-4-14(2)12(15)8-5-10-11(6-9(8)13)17-7-16-10/h3,5-6H,1,4,7,13H2,2H3. The van der Waals surface area contributed by atoms with Crippen molar-refractivity contribution in [1.82, 2.24) is 4.90 Å². The SMILES string of the molecule is C=CCN(C)C(=O)c1cc2c(cc1N)OCO2. The van der Waals surface area contributed by atoms with Gasteiger partial charge in [-0.1, -0.05) is 6.08 Å². The van der Waals surface area contributed by atoms with Crippen molar-refractivity contribution in [2.24, 2.45) is 0 Å². The van der Waals surface area contributed by atoms with Crippen LogP contribution in [0.4, 0.5) is 5.69 Å². The van der Waals surface area contributed by atoms with Crippen LogP contribution in [0.15, 0.2) is 24.8 Å². The summed E-state index contributed by atoms with van der Waals surface area (Å²) in [7, 11) is 1.69. The smallest absolute Gasteiger partial charge is 0.256 e. The number of ether oxygens (including phenoxy) is 2. The number of nitrogen functional groups attached to an aromatic ring is 1. The maximum Gasteiger partial charge on any atom is 0.256 e. The molecule has 1 aromatic carbocycles. The van der Waals surface area contributed by atoms with Crippen molar-refractivity contribution in [3.05, 3.63) is 30.4 Å². The van der Waals surface area contributed by atoms with E-state index in [4.69, 9.17) is 15.2 Å². The van der Waals surface area contributed by atoms with E-state index in [2.05, 4.69) is 6.58 Å². The minimum atomic E-state index is -0.166. The summed E-state index contributed by atoms with van der Waals surface area (Å²) in [6, 6.07) is 3.22. The van der Waals surface area contributed by atoms with Crippen LogP contribution in [-0.4, -0.2) is 31.2 Å². The molecular weight excluding hydrogens is 220 g/mol. The number of amides is 1. The molecule has 2 N–H and O–H groups in total. The quantitative estimate of drug-likeness (QED) is 0.631. The summed E-state index contributed by atoms with van der Waals surface area (Å²) in [6.45, 7) is 4.21. The van der Waals surface area contributed by atoms with E-state index in [1.807, 2.05) is 0 Å². The minimum absolute atomic E-state index is 0.162. The summed E-state index contributed by atoms with van der Waals surface area (Å²) >= 11 is 0. The summed E-state index contributed by atoms with van der Waals surface area (Å²) in [6.07, 6.45) is 1.65.